The molecule has 0 unspecified atom stereocenters. The van der Waals surface area contributed by atoms with Gasteiger partial charge in [-0.3, -0.25) is 0 Å². The van der Waals surface area contributed by atoms with Crippen molar-refractivity contribution in [2.75, 3.05) is 5.73 Å². The van der Waals surface area contributed by atoms with E-state index in [-0.39, 0.29) is 0 Å². The quantitative estimate of drug-likeness (QED) is 0.649. The monoisotopic (exact) mass is 159 g/mol. The summed E-state index contributed by atoms with van der Waals surface area (Å²) in [6.07, 6.45) is 3.33. The van der Waals surface area contributed by atoms with Crippen molar-refractivity contribution in [3.63, 3.8) is 0 Å². The summed E-state index contributed by atoms with van der Waals surface area (Å²) in [6.45, 7) is 0. The maximum atomic E-state index is 5.77. The van der Waals surface area contributed by atoms with Gasteiger partial charge in [-0.15, -0.1) is 0 Å². The zero-order valence-electron chi connectivity index (χ0n) is 6.53. The molecule has 0 spiro atoms. The molecule has 0 aliphatic heterocycles. The van der Waals surface area contributed by atoms with Crippen LogP contribution in [-0.2, 0) is 0 Å². The molecule has 1 heterocycles. The van der Waals surface area contributed by atoms with Crippen LogP contribution < -0.4 is 5.73 Å². The number of nitrogens with two attached hydrogens (primary N) is 1. The van der Waals surface area contributed by atoms with E-state index < -0.39 is 0 Å². The van der Waals surface area contributed by atoms with Crippen LogP contribution in [0.1, 0.15) is 0 Å². The number of rotatable bonds is 1. The van der Waals surface area contributed by atoms with E-state index in [9.17, 15) is 0 Å². The normalized spacial score (nSPS) is 10.0. The predicted octanol–water partition coefficient (Wildman–Crippen LogP) is 2.53. The molecule has 0 aliphatic rings. The molecule has 2 aromatic rings. The average Bonchev–Trinajstić information content (AvgIpc) is 2.57. The number of benzene rings is 1. The van der Waals surface area contributed by atoms with Gasteiger partial charge in [0.05, 0.1) is 12.5 Å². The van der Waals surface area contributed by atoms with Crippen molar-refractivity contribution >= 4 is 5.69 Å². The molecule has 2 N–H and O–H groups in total. The fourth-order valence-electron chi connectivity index (χ4n) is 1.18. The van der Waals surface area contributed by atoms with Crippen LogP contribution in [0.4, 0.5) is 5.69 Å². The minimum Gasteiger partial charge on any atom is -0.472 e. The molecular formula is C10H9NO. The Morgan fingerprint density at radius 1 is 1.08 bits per heavy atom. The zero-order chi connectivity index (χ0) is 8.39. The fraction of sp³-hybridized carbons (Fsp3) is 0. The van der Waals surface area contributed by atoms with Gasteiger partial charge >= 0.3 is 0 Å². The molecular weight excluding hydrogens is 150 g/mol. The van der Waals surface area contributed by atoms with Crippen LogP contribution in [0.2, 0.25) is 0 Å². The molecule has 1 aromatic heterocycles. The Morgan fingerprint density at radius 2 is 1.92 bits per heavy atom. The van der Waals surface area contributed by atoms with Gasteiger partial charge in [0, 0.05) is 16.8 Å². The molecule has 1 aromatic carbocycles. The van der Waals surface area contributed by atoms with Crippen LogP contribution in [0.3, 0.4) is 0 Å². The van der Waals surface area contributed by atoms with Gasteiger partial charge in [-0.05, 0) is 12.1 Å². The Balaban J connectivity index is 2.55. The van der Waals surface area contributed by atoms with Crippen LogP contribution in [0.5, 0.6) is 0 Å². The Kier molecular flexibility index (Phi) is 1.59. The van der Waals surface area contributed by atoms with Crippen LogP contribution in [-0.4, -0.2) is 0 Å². The third kappa shape index (κ3) is 1.07. The molecule has 12 heavy (non-hydrogen) atoms. The van der Waals surface area contributed by atoms with Gasteiger partial charge in [0.25, 0.3) is 0 Å². The summed E-state index contributed by atoms with van der Waals surface area (Å²) < 4.78 is 4.97. The van der Waals surface area contributed by atoms with Gasteiger partial charge in [-0.1, -0.05) is 18.2 Å². The number of nitrogen functional groups attached to an aromatic ring is 1. The largest absolute Gasteiger partial charge is 0.472 e. The first-order valence-corrected chi connectivity index (χ1v) is 3.75. The van der Waals surface area contributed by atoms with Crippen molar-refractivity contribution < 1.29 is 4.42 Å². The van der Waals surface area contributed by atoms with Crippen LogP contribution in [0.15, 0.2) is 47.3 Å². The highest BCUT2D eigenvalue weighted by molar-refractivity contribution is 5.75. The van der Waals surface area contributed by atoms with E-state index in [1.807, 2.05) is 30.3 Å². The number of para-hydroxylation sites is 1. The Labute approximate surface area is 70.6 Å². The van der Waals surface area contributed by atoms with E-state index in [0.717, 1.165) is 16.8 Å². The lowest BCUT2D eigenvalue weighted by molar-refractivity contribution is 0.568. The van der Waals surface area contributed by atoms with Gasteiger partial charge in [0.15, 0.2) is 0 Å². The second-order valence-corrected chi connectivity index (χ2v) is 2.60. The summed E-state index contributed by atoms with van der Waals surface area (Å²) in [5.41, 5.74) is 8.59. The lowest BCUT2D eigenvalue weighted by Gasteiger charge is -2.00. The Morgan fingerprint density at radius 3 is 2.58 bits per heavy atom. The first kappa shape index (κ1) is 6.98. The van der Waals surface area contributed by atoms with Gasteiger partial charge in [0.1, 0.15) is 0 Å². The molecule has 0 atom stereocenters. The third-order valence-electron chi connectivity index (χ3n) is 1.79. The van der Waals surface area contributed by atoms with Crippen molar-refractivity contribution in [2.45, 2.75) is 0 Å². The molecule has 0 aliphatic carbocycles. The SMILES string of the molecule is Nc1ccccc1-c1ccoc1. The van der Waals surface area contributed by atoms with Crippen molar-refractivity contribution in [1.82, 2.24) is 0 Å². The van der Waals surface area contributed by atoms with Crippen molar-refractivity contribution in [3.8, 4) is 11.1 Å². The van der Waals surface area contributed by atoms with E-state index in [2.05, 4.69) is 0 Å². The fourth-order valence-corrected chi connectivity index (χ4v) is 1.18. The first-order valence-electron chi connectivity index (χ1n) is 3.75. The molecule has 60 valence electrons. The third-order valence-corrected chi connectivity index (χ3v) is 1.79. The van der Waals surface area contributed by atoms with Gasteiger partial charge < -0.3 is 10.2 Å². The number of furan rings is 1. The van der Waals surface area contributed by atoms with Gasteiger partial charge in [0.2, 0.25) is 0 Å². The van der Waals surface area contributed by atoms with E-state index in [1.165, 1.54) is 0 Å². The summed E-state index contributed by atoms with van der Waals surface area (Å²) in [5, 5.41) is 0. The molecule has 0 radical (unpaired) electrons. The van der Waals surface area contributed by atoms with E-state index in [0.29, 0.717) is 0 Å². The summed E-state index contributed by atoms with van der Waals surface area (Å²) >= 11 is 0. The predicted molar refractivity (Wildman–Crippen MR) is 48.6 cm³/mol. The van der Waals surface area contributed by atoms with Crippen molar-refractivity contribution in [1.29, 1.82) is 0 Å². The van der Waals surface area contributed by atoms with E-state index in [4.69, 9.17) is 10.2 Å². The highest BCUT2D eigenvalue weighted by Gasteiger charge is 2.00. The van der Waals surface area contributed by atoms with Crippen LogP contribution >= 0.6 is 0 Å². The summed E-state index contributed by atoms with van der Waals surface area (Å²) in [4.78, 5) is 0. The average molecular weight is 159 g/mol. The molecule has 0 amide bonds. The maximum absolute atomic E-state index is 5.77. The smallest absolute Gasteiger partial charge is 0.0981 e. The van der Waals surface area contributed by atoms with E-state index in [1.54, 1.807) is 12.5 Å². The second kappa shape index (κ2) is 2.74. The first-order chi connectivity index (χ1) is 5.88. The summed E-state index contributed by atoms with van der Waals surface area (Å²) in [6, 6.07) is 9.62. The minimum absolute atomic E-state index is 0.777. The molecule has 2 nitrogen and oxygen atoms in total. The number of hydrogen-bond acceptors (Lipinski definition) is 2. The lowest BCUT2D eigenvalue weighted by Crippen LogP contribution is -1.87. The summed E-state index contributed by atoms with van der Waals surface area (Å²) in [7, 11) is 0. The zero-order valence-corrected chi connectivity index (χ0v) is 6.53. The topological polar surface area (TPSA) is 39.2 Å². The van der Waals surface area contributed by atoms with Crippen molar-refractivity contribution in [2.24, 2.45) is 0 Å². The van der Waals surface area contributed by atoms with Gasteiger partial charge in [-0.25, -0.2) is 0 Å². The van der Waals surface area contributed by atoms with Crippen LogP contribution in [0.25, 0.3) is 11.1 Å². The Bertz CT molecular complexity index is 365. The molecule has 2 rings (SSSR count). The second-order valence-electron chi connectivity index (χ2n) is 2.60. The Hall–Kier alpha value is -1.70. The van der Waals surface area contributed by atoms with Crippen LogP contribution in [0, 0.1) is 0 Å². The standard InChI is InChI=1S/C10H9NO/c11-10-4-2-1-3-9(10)8-5-6-12-7-8/h1-7H,11H2. The molecule has 2 heteroatoms. The van der Waals surface area contributed by atoms with Crippen molar-refractivity contribution in [3.05, 3.63) is 42.9 Å². The molecule has 0 fully saturated rings. The van der Waals surface area contributed by atoms with E-state index >= 15 is 0 Å². The molecule has 0 saturated carbocycles. The molecule has 0 bridgehead atoms. The number of hydrogen-bond donors (Lipinski definition) is 1. The maximum Gasteiger partial charge on any atom is 0.0981 e. The summed E-state index contributed by atoms with van der Waals surface area (Å²) in [5.74, 6) is 0. The number of anilines is 1. The highest BCUT2D eigenvalue weighted by atomic mass is 16.3. The highest BCUT2D eigenvalue weighted by Crippen LogP contribution is 2.25. The molecule has 0 saturated heterocycles. The lowest BCUT2D eigenvalue weighted by atomic mass is 10.1. The van der Waals surface area contributed by atoms with Gasteiger partial charge in [-0.2, -0.15) is 0 Å². The minimum atomic E-state index is 0.777.